The molecule has 2 aliphatic heterocycles. The number of methoxy groups -OCH3 is 1. The SMILES string of the molecule is COCCOc1cc2c(cc1Br)C(c1ccccc1Cl)=NCC(=O)N2.O=C1CN=C(c2ccccc2Cl)c2cc(Br)c(O)cc2N1. The summed E-state index contributed by atoms with van der Waals surface area (Å²) in [7, 11) is 1.61. The lowest BCUT2D eigenvalue weighted by Gasteiger charge is -2.15. The van der Waals surface area contributed by atoms with Gasteiger partial charge in [-0.2, -0.15) is 0 Å². The van der Waals surface area contributed by atoms with E-state index in [0.717, 1.165) is 21.2 Å². The van der Waals surface area contributed by atoms with Crippen LogP contribution in [0.25, 0.3) is 0 Å². The van der Waals surface area contributed by atoms with Crippen molar-refractivity contribution in [2.75, 3.05) is 44.0 Å². The molecule has 236 valence electrons. The van der Waals surface area contributed by atoms with Crippen molar-refractivity contribution in [1.29, 1.82) is 0 Å². The monoisotopic (exact) mass is 786 g/mol. The molecule has 46 heavy (non-hydrogen) atoms. The molecular weight excluding hydrogens is 763 g/mol. The fourth-order valence-electron chi connectivity index (χ4n) is 4.68. The Hall–Kier alpha value is -3.74. The summed E-state index contributed by atoms with van der Waals surface area (Å²) in [6.07, 6.45) is 0. The van der Waals surface area contributed by atoms with Crippen LogP contribution < -0.4 is 15.4 Å². The number of rotatable bonds is 6. The zero-order chi connectivity index (χ0) is 32.8. The Morgan fingerprint density at radius 2 is 1.24 bits per heavy atom. The van der Waals surface area contributed by atoms with E-state index in [0.29, 0.717) is 61.8 Å². The van der Waals surface area contributed by atoms with Crippen LogP contribution >= 0.6 is 55.1 Å². The molecule has 9 nitrogen and oxygen atoms in total. The molecule has 0 radical (unpaired) electrons. The first kappa shape index (κ1) is 33.6. The lowest BCUT2D eigenvalue weighted by atomic mass is 10.0. The van der Waals surface area contributed by atoms with Gasteiger partial charge in [0.1, 0.15) is 31.2 Å². The molecule has 2 heterocycles. The van der Waals surface area contributed by atoms with Crippen molar-refractivity contribution >= 4 is 89.7 Å². The second-order valence-corrected chi connectivity index (χ2v) is 12.4. The molecule has 6 rings (SSSR count). The van der Waals surface area contributed by atoms with E-state index >= 15 is 0 Å². The predicted octanol–water partition coefficient (Wildman–Crippen LogP) is 7.51. The maximum absolute atomic E-state index is 12.0. The summed E-state index contributed by atoms with van der Waals surface area (Å²) >= 11 is 19.4. The maximum Gasteiger partial charge on any atom is 0.246 e. The number of fused-ring (bicyclic) bond motifs is 2. The third-order valence-electron chi connectivity index (χ3n) is 6.78. The first-order valence-electron chi connectivity index (χ1n) is 13.8. The number of ether oxygens (including phenoxy) is 2. The van der Waals surface area contributed by atoms with Gasteiger partial charge in [-0.05, 0) is 56.1 Å². The second kappa shape index (κ2) is 15.2. The number of benzodiazepines with no additional fused rings is 2. The van der Waals surface area contributed by atoms with Gasteiger partial charge in [0.15, 0.2) is 0 Å². The molecule has 0 atom stereocenters. The molecule has 0 saturated carbocycles. The average Bonchev–Trinajstić information content (AvgIpc) is 3.28. The molecule has 4 aromatic carbocycles. The number of carbonyl (C=O) groups is 2. The molecular formula is C33H26Br2Cl2N4O5. The number of halogens is 4. The van der Waals surface area contributed by atoms with Gasteiger partial charge in [0.25, 0.3) is 0 Å². The standard InChI is InChI=1S/C18H16BrClN2O3.C15H10BrClN2O2/c1-24-6-7-25-16-9-15-12(8-13(16)19)18(21-10-17(23)22-15)11-4-2-3-5-14(11)20;16-10-5-9-12(6-13(10)20)19-14(21)7-18-15(9)8-3-1-2-4-11(8)17/h2-5,8-9H,6-7,10H2,1H3,(H,22,23);1-6,20H,7H2,(H,19,21). The fraction of sp³-hybridized carbons (Fsp3) is 0.152. The summed E-state index contributed by atoms with van der Waals surface area (Å²) in [6.45, 7) is 0.926. The van der Waals surface area contributed by atoms with Crippen LogP contribution in [-0.4, -0.2) is 61.8 Å². The van der Waals surface area contributed by atoms with Gasteiger partial charge in [-0.3, -0.25) is 19.6 Å². The lowest BCUT2D eigenvalue weighted by Crippen LogP contribution is -2.14. The van der Waals surface area contributed by atoms with Crippen molar-refractivity contribution in [3.8, 4) is 11.5 Å². The van der Waals surface area contributed by atoms with Gasteiger partial charge in [0.2, 0.25) is 11.8 Å². The molecule has 3 N–H and O–H groups in total. The third kappa shape index (κ3) is 7.79. The molecule has 13 heteroatoms. The molecule has 2 amide bonds. The number of amides is 2. The summed E-state index contributed by atoms with van der Waals surface area (Å²) in [6, 6.07) is 21.6. The van der Waals surface area contributed by atoms with Gasteiger partial charge in [0, 0.05) is 51.5 Å². The number of phenolic OH excluding ortho intramolecular Hbond substituents is 1. The van der Waals surface area contributed by atoms with Crippen molar-refractivity contribution in [2.45, 2.75) is 0 Å². The fourth-order valence-corrected chi connectivity index (χ4v) is 5.93. The molecule has 2 aliphatic rings. The van der Waals surface area contributed by atoms with Crippen LogP contribution in [0.15, 0.2) is 91.7 Å². The predicted molar refractivity (Wildman–Crippen MR) is 188 cm³/mol. The number of carbonyl (C=O) groups excluding carboxylic acids is 2. The van der Waals surface area contributed by atoms with E-state index in [1.165, 1.54) is 6.07 Å². The van der Waals surface area contributed by atoms with Crippen LogP contribution in [0.2, 0.25) is 10.0 Å². The van der Waals surface area contributed by atoms with Crippen LogP contribution in [0.3, 0.4) is 0 Å². The van der Waals surface area contributed by atoms with Crippen LogP contribution in [-0.2, 0) is 14.3 Å². The Bertz CT molecular complexity index is 1880. The highest BCUT2D eigenvalue weighted by atomic mass is 79.9. The van der Waals surface area contributed by atoms with E-state index in [2.05, 4.69) is 52.5 Å². The van der Waals surface area contributed by atoms with E-state index < -0.39 is 0 Å². The van der Waals surface area contributed by atoms with Gasteiger partial charge in [-0.25, -0.2) is 0 Å². The topological polar surface area (TPSA) is 122 Å². The van der Waals surface area contributed by atoms with Crippen molar-refractivity contribution in [3.63, 3.8) is 0 Å². The van der Waals surface area contributed by atoms with E-state index in [-0.39, 0.29) is 30.7 Å². The normalized spacial score (nSPS) is 13.8. The van der Waals surface area contributed by atoms with E-state index in [9.17, 15) is 14.7 Å². The van der Waals surface area contributed by atoms with Crippen molar-refractivity contribution in [1.82, 2.24) is 0 Å². The molecule has 0 bridgehead atoms. The average molecular weight is 789 g/mol. The molecule has 0 fully saturated rings. The molecule has 0 saturated heterocycles. The summed E-state index contributed by atoms with van der Waals surface area (Å²) < 4.78 is 12.0. The van der Waals surface area contributed by atoms with Crippen LogP contribution in [0, 0.1) is 0 Å². The molecule has 0 aliphatic carbocycles. The molecule has 0 spiro atoms. The van der Waals surface area contributed by atoms with Crippen LogP contribution in [0.1, 0.15) is 22.3 Å². The first-order valence-corrected chi connectivity index (χ1v) is 16.2. The number of aromatic hydroxyl groups is 1. The second-order valence-electron chi connectivity index (χ2n) is 9.90. The molecule has 0 unspecified atom stereocenters. The van der Waals surface area contributed by atoms with E-state index in [1.54, 1.807) is 31.4 Å². The number of hydrogen-bond acceptors (Lipinski definition) is 7. The number of nitrogens with one attached hydrogen (secondary N) is 2. The number of nitrogens with zero attached hydrogens (tertiary/aromatic N) is 2. The minimum Gasteiger partial charge on any atom is -0.507 e. The van der Waals surface area contributed by atoms with Gasteiger partial charge in [0.05, 0.1) is 38.4 Å². The zero-order valence-corrected chi connectivity index (χ0v) is 28.9. The quantitative estimate of drug-likeness (QED) is 0.175. The van der Waals surface area contributed by atoms with Crippen molar-refractivity contribution in [2.24, 2.45) is 9.98 Å². The summed E-state index contributed by atoms with van der Waals surface area (Å²) in [5.74, 6) is 0.250. The van der Waals surface area contributed by atoms with Crippen LogP contribution in [0.4, 0.5) is 11.4 Å². The summed E-state index contributed by atoms with van der Waals surface area (Å²) in [5, 5.41) is 16.5. The molecule has 0 aromatic heterocycles. The molecule has 4 aromatic rings. The van der Waals surface area contributed by atoms with Gasteiger partial charge >= 0.3 is 0 Å². The number of aliphatic imine (C=N–C) groups is 2. The maximum atomic E-state index is 12.0. The van der Waals surface area contributed by atoms with Crippen LogP contribution in [0.5, 0.6) is 11.5 Å². The Morgan fingerprint density at radius 1 is 0.739 bits per heavy atom. The number of benzene rings is 4. The number of anilines is 2. The lowest BCUT2D eigenvalue weighted by molar-refractivity contribution is -0.115. The third-order valence-corrected chi connectivity index (χ3v) is 8.70. The van der Waals surface area contributed by atoms with Gasteiger partial charge < -0.3 is 25.2 Å². The summed E-state index contributed by atoms with van der Waals surface area (Å²) in [4.78, 5) is 32.6. The van der Waals surface area contributed by atoms with E-state index in [1.807, 2.05) is 42.5 Å². The summed E-state index contributed by atoms with van der Waals surface area (Å²) in [5.41, 5.74) is 5.45. The minimum atomic E-state index is -0.236. The smallest absolute Gasteiger partial charge is 0.246 e. The number of hydrogen-bond donors (Lipinski definition) is 3. The Balaban J connectivity index is 0.000000184. The Kier molecular flexibility index (Phi) is 11.1. The highest BCUT2D eigenvalue weighted by Crippen LogP contribution is 2.36. The Morgan fingerprint density at radius 3 is 1.76 bits per heavy atom. The zero-order valence-electron chi connectivity index (χ0n) is 24.2. The van der Waals surface area contributed by atoms with Crippen molar-refractivity contribution < 1.29 is 24.2 Å². The highest BCUT2D eigenvalue weighted by Gasteiger charge is 2.23. The van der Waals surface area contributed by atoms with Crippen molar-refractivity contribution in [3.05, 3.63) is 114 Å². The highest BCUT2D eigenvalue weighted by molar-refractivity contribution is 9.11. The largest absolute Gasteiger partial charge is 0.507 e. The van der Waals surface area contributed by atoms with Gasteiger partial charge in [-0.15, -0.1) is 0 Å². The Labute approximate surface area is 291 Å². The first-order chi connectivity index (χ1) is 22.2. The minimum absolute atomic E-state index is 0.00756. The van der Waals surface area contributed by atoms with Gasteiger partial charge in [-0.1, -0.05) is 59.6 Å². The van der Waals surface area contributed by atoms with E-state index in [4.69, 9.17) is 32.7 Å². The number of phenols is 1.